The molecule has 0 aliphatic heterocycles. The molecule has 0 saturated heterocycles. The molecule has 0 spiro atoms. The van der Waals surface area contributed by atoms with Gasteiger partial charge >= 0.3 is 0 Å². The Kier molecular flexibility index (Phi) is 9.87. The SMILES string of the molecule is COC[C@H](OSCCCN)[C@@H](C)OC. The summed E-state index contributed by atoms with van der Waals surface area (Å²) in [4.78, 5) is 0. The van der Waals surface area contributed by atoms with Crippen molar-refractivity contribution in [3.63, 3.8) is 0 Å². The molecule has 0 amide bonds. The van der Waals surface area contributed by atoms with Gasteiger partial charge in [0.25, 0.3) is 0 Å². The first kappa shape index (κ1) is 14.2. The Balaban J connectivity index is 3.61. The molecule has 0 aliphatic carbocycles. The molecule has 0 unspecified atom stereocenters. The first-order chi connectivity index (χ1) is 6.76. The maximum absolute atomic E-state index is 5.55. The molecule has 0 rings (SSSR count). The van der Waals surface area contributed by atoms with E-state index in [9.17, 15) is 0 Å². The van der Waals surface area contributed by atoms with E-state index in [2.05, 4.69) is 0 Å². The Morgan fingerprint density at radius 1 is 1.36 bits per heavy atom. The fourth-order valence-corrected chi connectivity index (χ4v) is 1.60. The van der Waals surface area contributed by atoms with Crippen molar-refractivity contribution in [2.75, 3.05) is 33.1 Å². The maximum Gasteiger partial charge on any atom is 0.121 e. The second-order valence-corrected chi connectivity index (χ2v) is 3.83. The Hall–Kier alpha value is 0.190. The van der Waals surface area contributed by atoms with Crippen LogP contribution in [-0.4, -0.2) is 45.3 Å². The van der Waals surface area contributed by atoms with Crippen LogP contribution in [0.3, 0.4) is 0 Å². The van der Waals surface area contributed by atoms with E-state index in [0.717, 1.165) is 12.2 Å². The van der Waals surface area contributed by atoms with Crippen molar-refractivity contribution in [2.45, 2.75) is 25.6 Å². The van der Waals surface area contributed by atoms with Crippen LogP contribution in [0.4, 0.5) is 0 Å². The van der Waals surface area contributed by atoms with Crippen LogP contribution in [0.25, 0.3) is 0 Å². The third-order valence-corrected chi connectivity index (χ3v) is 2.69. The van der Waals surface area contributed by atoms with Crippen LogP contribution >= 0.6 is 12.0 Å². The zero-order valence-electron chi connectivity index (χ0n) is 9.19. The van der Waals surface area contributed by atoms with Crippen LogP contribution < -0.4 is 5.73 Å². The molecule has 0 aromatic rings. The number of nitrogens with two attached hydrogens (primary N) is 1. The molecule has 0 saturated carbocycles. The lowest BCUT2D eigenvalue weighted by molar-refractivity contribution is -0.0152. The van der Waals surface area contributed by atoms with Crippen LogP contribution in [0.15, 0.2) is 0 Å². The van der Waals surface area contributed by atoms with E-state index in [4.69, 9.17) is 19.4 Å². The van der Waals surface area contributed by atoms with Crippen molar-refractivity contribution in [1.29, 1.82) is 0 Å². The highest BCUT2D eigenvalue weighted by Crippen LogP contribution is 2.13. The predicted octanol–water partition coefficient (Wildman–Crippen LogP) is 1.05. The maximum atomic E-state index is 5.55. The van der Waals surface area contributed by atoms with Gasteiger partial charge in [-0.3, -0.25) is 0 Å². The summed E-state index contributed by atoms with van der Waals surface area (Å²) in [6.45, 7) is 3.21. The molecule has 4 nitrogen and oxygen atoms in total. The molecular formula is C9H21NO3S. The zero-order chi connectivity index (χ0) is 10.8. The molecule has 14 heavy (non-hydrogen) atoms. The van der Waals surface area contributed by atoms with Gasteiger partial charge < -0.3 is 19.4 Å². The third-order valence-electron chi connectivity index (χ3n) is 1.85. The van der Waals surface area contributed by atoms with Crippen molar-refractivity contribution >= 4 is 12.0 Å². The average molecular weight is 223 g/mol. The number of hydrogen-bond donors (Lipinski definition) is 1. The number of rotatable bonds is 9. The van der Waals surface area contributed by atoms with E-state index in [1.165, 1.54) is 12.0 Å². The summed E-state index contributed by atoms with van der Waals surface area (Å²) in [7, 11) is 3.32. The second-order valence-electron chi connectivity index (χ2n) is 3.00. The third kappa shape index (κ3) is 6.62. The minimum absolute atomic E-state index is 0.0206. The monoisotopic (exact) mass is 223 g/mol. The van der Waals surface area contributed by atoms with E-state index in [-0.39, 0.29) is 12.2 Å². The minimum atomic E-state index is -0.0206. The summed E-state index contributed by atoms with van der Waals surface area (Å²) in [5.41, 5.74) is 5.37. The molecule has 5 heteroatoms. The Morgan fingerprint density at radius 3 is 2.57 bits per heavy atom. The van der Waals surface area contributed by atoms with Gasteiger partial charge in [0.05, 0.1) is 12.7 Å². The van der Waals surface area contributed by atoms with Gasteiger partial charge in [-0.15, -0.1) is 0 Å². The molecule has 0 aromatic carbocycles. The molecule has 2 atom stereocenters. The number of methoxy groups -OCH3 is 2. The molecule has 0 aliphatic rings. The minimum Gasteiger partial charge on any atom is -0.382 e. The molecule has 2 N–H and O–H groups in total. The Bertz CT molecular complexity index is 127. The van der Waals surface area contributed by atoms with Gasteiger partial charge in [-0.2, -0.15) is 0 Å². The van der Waals surface area contributed by atoms with Gasteiger partial charge in [0.1, 0.15) is 6.10 Å². The molecular weight excluding hydrogens is 202 g/mol. The summed E-state index contributed by atoms with van der Waals surface area (Å²) in [6.07, 6.45) is 0.985. The van der Waals surface area contributed by atoms with Crippen LogP contribution in [0.5, 0.6) is 0 Å². The van der Waals surface area contributed by atoms with Crippen LogP contribution in [0.1, 0.15) is 13.3 Å². The van der Waals surface area contributed by atoms with Crippen molar-refractivity contribution in [3.05, 3.63) is 0 Å². The van der Waals surface area contributed by atoms with Gasteiger partial charge in [-0.05, 0) is 31.9 Å². The normalized spacial score (nSPS) is 15.4. The fourth-order valence-electron chi connectivity index (χ4n) is 0.835. The van der Waals surface area contributed by atoms with Crippen molar-refractivity contribution in [2.24, 2.45) is 5.73 Å². The Labute approximate surface area is 90.7 Å². The van der Waals surface area contributed by atoms with Gasteiger partial charge in [0.2, 0.25) is 0 Å². The van der Waals surface area contributed by atoms with E-state index in [1.54, 1.807) is 14.2 Å². The first-order valence-corrected chi connectivity index (χ1v) is 5.67. The van der Waals surface area contributed by atoms with Gasteiger partial charge in [-0.25, -0.2) is 0 Å². The standard InChI is InChI=1S/C9H21NO3S/c1-8(12-3)9(7-11-2)13-14-6-4-5-10/h8-9H,4-7,10H2,1-3H3/t8-,9+/m1/s1. The summed E-state index contributed by atoms with van der Waals surface area (Å²) in [6, 6.07) is 0. The van der Waals surface area contributed by atoms with Crippen LogP contribution in [0, 0.1) is 0 Å². The highest BCUT2D eigenvalue weighted by Gasteiger charge is 2.17. The van der Waals surface area contributed by atoms with Crippen molar-refractivity contribution < 1.29 is 13.7 Å². The summed E-state index contributed by atoms with van der Waals surface area (Å²) < 4.78 is 15.8. The molecule has 86 valence electrons. The molecule has 0 heterocycles. The van der Waals surface area contributed by atoms with Crippen LogP contribution in [0.2, 0.25) is 0 Å². The summed E-state index contributed by atoms with van der Waals surface area (Å²) in [5, 5.41) is 0. The lowest BCUT2D eigenvalue weighted by Gasteiger charge is -2.21. The van der Waals surface area contributed by atoms with E-state index in [0.29, 0.717) is 13.2 Å². The molecule has 0 bridgehead atoms. The largest absolute Gasteiger partial charge is 0.382 e. The zero-order valence-corrected chi connectivity index (χ0v) is 10.0. The van der Waals surface area contributed by atoms with Gasteiger partial charge in [0, 0.05) is 20.0 Å². The van der Waals surface area contributed by atoms with E-state index in [1.807, 2.05) is 6.92 Å². The lowest BCUT2D eigenvalue weighted by Crippen LogP contribution is -2.30. The average Bonchev–Trinajstić information content (AvgIpc) is 2.21. The summed E-state index contributed by atoms with van der Waals surface area (Å²) >= 11 is 1.43. The van der Waals surface area contributed by atoms with Crippen molar-refractivity contribution in [1.82, 2.24) is 0 Å². The number of ether oxygens (including phenoxy) is 2. The predicted molar refractivity (Wildman–Crippen MR) is 59.3 cm³/mol. The Morgan fingerprint density at radius 2 is 2.07 bits per heavy atom. The van der Waals surface area contributed by atoms with Crippen molar-refractivity contribution in [3.8, 4) is 0 Å². The highest BCUT2D eigenvalue weighted by atomic mass is 32.2. The molecule has 0 aromatic heterocycles. The lowest BCUT2D eigenvalue weighted by atomic mass is 10.2. The smallest absolute Gasteiger partial charge is 0.121 e. The first-order valence-electron chi connectivity index (χ1n) is 4.76. The fraction of sp³-hybridized carbons (Fsp3) is 1.00. The molecule has 0 fully saturated rings. The van der Waals surface area contributed by atoms with E-state index >= 15 is 0 Å². The van der Waals surface area contributed by atoms with Crippen LogP contribution in [-0.2, 0) is 13.7 Å². The number of hydrogen-bond acceptors (Lipinski definition) is 5. The highest BCUT2D eigenvalue weighted by molar-refractivity contribution is 7.94. The quantitative estimate of drug-likeness (QED) is 0.468. The molecule has 0 radical (unpaired) electrons. The summed E-state index contributed by atoms with van der Waals surface area (Å²) in [5.74, 6) is 0.910. The van der Waals surface area contributed by atoms with E-state index < -0.39 is 0 Å². The second kappa shape index (κ2) is 9.73. The van der Waals surface area contributed by atoms with Gasteiger partial charge in [-0.1, -0.05) is 0 Å². The van der Waals surface area contributed by atoms with Gasteiger partial charge in [0.15, 0.2) is 0 Å². The topological polar surface area (TPSA) is 53.7 Å².